The molecule has 2 N–H and O–H groups in total. The van der Waals surface area contributed by atoms with Crippen LogP contribution in [0.3, 0.4) is 0 Å². The number of rotatable bonds is 2. The Morgan fingerprint density at radius 2 is 2.00 bits per heavy atom. The maximum absolute atomic E-state index is 4.14. The Kier molecular flexibility index (Phi) is 1.87. The number of nitrogens with one attached hydrogen (secondary N) is 2. The molecule has 1 aliphatic heterocycles. The quantitative estimate of drug-likeness (QED) is 0.809. The maximum atomic E-state index is 4.14. The van der Waals surface area contributed by atoms with Gasteiger partial charge in [-0.1, -0.05) is 18.2 Å². The molecule has 1 saturated heterocycles. The van der Waals surface area contributed by atoms with Gasteiger partial charge in [0.2, 0.25) is 0 Å². The molecule has 2 atom stereocenters. The summed E-state index contributed by atoms with van der Waals surface area (Å²) in [4.78, 5) is 0. The molecule has 17 heavy (non-hydrogen) atoms. The van der Waals surface area contributed by atoms with E-state index in [1.54, 1.807) is 0 Å². The van der Waals surface area contributed by atoms with Gasteiger partial charge in [0.05, 0.1) is 17.4 Å². The first kappa shape index (κ1) is 9.36. The lowest BCUT2D eigenvalue weighted by Crippen LogP contribution is -2.21. The lowest BCUT2D eigenvalue weighted by atomic mass is 10.2. The standard InChI is InChI=1S/C13H14N4/c1-2-4-11-8(3-1)12(7-15-17-11)16-13-9-5-14-6-10(9)13/h1-4,7,9-10,13-14H,5-6H2,(H,16,17). The van der Waals surface area contributed by atoms with Gasteiger partial charge in [-0.3, -0.25) is 0 Å². The number of benzene rings is 1. The largest absolute Gasteiger partial charge is 0.380 e. The highest BCUT2D eigenvalue weighted by Crippen LogP contribution is 2.44. The minimum atomic E-state index is 0.629. The molecule has 4 heteroatoms. The summed E-state index contributed by atoms with van der Waals surface area (Å²) in [6.07, 6.45) is 1.84. The van der Waals surface area contributed by atoms with Crippen molar-refractivity contribution < 1.29 is 0 Å². The molecule has 1 saturated carbocycles. The smallest absolute Gasteiger partial charge is 0.0950 e. The van der Waals surface area contributed by atoms with Crippen molar-refractivity contribution >= 4 is 16.6 Å². The molecule has 2 unspecified atom stereocenters. The predicted molar refractivity (Wildman–Crippen MR) is 66.8 cm³/mol. The van der Waals surface area contributed by atoms with Crippen molar-refractivity contribution in [3.05, 3.63) is 30.5 Å². The van der Waals surface area contributed by atoms with Crippen LogP contribution in [0.4, 0.5) is 5.69 Å². The molecule has 0 spiro atoms. The van der Waals surface area contributed by atoms with Gasteiger partial charge in [-0.15, -0.1) is 0 Å². The number of hydrogen-bond acceptors (Lipinski definition) is 4. The molecule has 2 aromatic rings. The Morgan fingerprint density at radius 3 is 2.88 bits per heavy atom. The summed E-state index contributed by atoms with van der Waals surface area (Å²) in [6.45, 7) is 2.30. The SMILES string of the molecule is c1ccc2c(NC3C4CNCC43)cnnc2c1. The monoisotopic (exact) mass is 226 g/mol. The molecule has 0 bridgehead atoms. The Labute approximate surface area is 99.4 Å². The summed E-state index contributed by atoms with van der Waals surface area (Å²) in [7, 11) is 0. The molecule has 1 aromatic heterocycles. The van der Waals surface area contributed by atoms with E-state index in [1.165, 1.54) is 5.39 Å². The fourth-order valence-corrected chi connectivity index (χ4v) is 2.93. The summed E-state index contributed by atoms with van der Waals surface area (Å²) < 4.78 is 0. The van der Waals surface area contributed by atoms with Crippen LogP contribution in [0.15, 0.2) is 30.5 Å². The summed E-state index contributed by atoms with van der Waals surface area (Å²) in [5.74, 6) is 1.61. The fourth-order valence-electron chi connectivity index (χ4n) is 2.93. The molecule has 1 aromatic carbocycles. The number of fused-ring (bicyclic) bond motifs is 2. The van der Waals surface area contributed by atoms with Gasteiger partial charge in [-0.2, -0.15) is 10.2 Å². The molecule has 0 radical (unpaired) electrons. The second kappa shape index (κ2) is 3.40. The van der Waals surface area contributed by atoms with Crippen LogP contribution in [0.1, 0.15) is 0 Å². The van der Waals surface area contributed by atoms with Crippen LogP contribution in [0.2, 0.25) is 0 Å². The van der Waals surface area contributed by atoms with Gasteiger partial charge in [-0.25, -0.2) is 0 Å². The number of piperidine rings is 1. The highest BCUT2D eigenvalue weighted by Gasteiger charge is 2.52. The van der Waals surface area contributed by atoms with Crippen molar-refractivity contribution in [3.8, 4) is 0 Å². The Balaban J connectivity index is 1.67. The molecule has 1 aliphatic carbocycles. The molecule has 2 heterocycles. The van der Waals surface area contributed by atoms with Crippen molar-refractivity contribution in [2.24, 2.45) is 11.8 Å². The third kappa shape index (κ3) is 1.41. The molecule has 0 amide bonds. The Hall–Kier alpha value is -1.68. The average molecular weight is 226 g/mol. The topological polar surface area (TPSA) is 49.8 Å². The summed E-state index contributed by atoms with van der Waals surface area (Å²) in [6, 6.07) is 8.77. The van der Waals surface area contributed by atoms with Crippen molar-refractivity contribution in [2.75, 3.05) is 18.4 Å². The van der Waals surface area contributed by atoms with Crippen LogP contribution >= 0.6 is 0 Å². The normalized spacial score (nSPS) is 30.2. The summed E-state index contributed by atoms with van der Waals surface area (Å²) in [5.41, 5.74) is 2.08. The first-order valence-electron chi connectivity index (χ1n) is 6.11. The van der Waals surface area contributed by atoms with E-state index in [0.29, 0.717) is 6.04 Å². The molecular formula is C13H14N4. The summed E-state index contributed by atoms with van der Waals surface area (Å²) in [5, 5.41) is 16.4. The van der Waals surface area contributed by atoms with Crippen molar-refractivity contribution in [1.82, 2.24) is 15.5 Å². The first-order valence-corrected chi connectivity index (χ1v) is 6.11. The molecule has 86 valence electrons. The maximum Gasteiger partial charge on any atom is 0.0950 e. The van der Waals surface area contributed by atoms with Gasteiger partial charge in [0, 0.05) is 24.5 Å². The molecular weight excluding hydrogens is 212 g/mol. The van der Waals surface area contributed by atoms with E-state index in [9.17, 15) is 0 Å². The van der Waals surface area contributed by atoms with Gasteiger partial charge in [-0.05, 0) is 17.9 Å². The van der Waals surface area contributed by atoms with Crippen molar-refractivity contribution in [1.29, 1.82) is 0 Å². The zero-order chi connectivity index (χ0) is 11.2. The van der Waals surface area contributed by atoms with Crippen molar-refractivity contribution in [3.63, 3.8) is 0 Å². The second-order valence-electron chi connectivity index (χ2n) is 4.93. The summed E-state index contributed by atoms with van der Waals surface area (Å²) >= 11 is 0. The minimum Gasteiger partial charge on any atom is -0.380 e. The zero-order valence-corrected chi connectivity index (χ0v) is 9.43. The van der Waals surface area contributed by atoms with Crippen LogP contribution in [-0.4, -0.2) is 29.3 Å². The third-order valence-corrected chi connectivity index (χ3v) is 3.96. The average Bonchev–Trinajstić information content (AvgIpc) is 2.83. The molecule has 4 nitrogen and oxygen atoms in total. The van der Waals surface area contributed by atoms with E-state index in [4.69, 9.17) is 0 Å². The Bertz CT molecular complexity index is 553. The van der Waals surface area contributed by atoms with Gasteiger partial charge < -0.3 is 10.6 Å². The molecule has 4 rings (SSSR count). The van der Waals surface area contributed by atoms with E-state index in [1.807, 2.05) is 24.4 Å². The van der Waals surface area contributed by atoms with Gasteiger partial charge in [0.1, 0.15) is 0 Å². The second-order valence-corrected chi connectivity index (χ2v) is 4.93. The molecule has 2 aliphatic rings. The Morgan fingerprint density at radius 1 is 1.18 bits per heavy atom. The molecule has 2 fully saturated rings. The van der Waals surface area contributed by atoms with Crippen LogP contribution < -0.4 is 10.6 Å². The predicted octanol–water partition coefficient (Wildman–Crippen LogP) is 1.26. The van der Waals surface area contributed by atoms with Crippen LogP contribution in [0.25, 0.3) is 10.9 Å². The van der Waals surface area contributed by atoms with Gasteiger partial charge in [0.25, 0.3) is 0 Å². The van der Waals surface area contributed by atoms with Gasteiger partial charge >= 0.3 is 0 Å². The van der Waals surface area contributed by atoms with Crippen molar-refractivity contribution in [2.45, 2.75) is 6.04 Å². The third-order valence-electron chi connectivity index (χ3n) is 3.96. The van der Waals surface area contributed by atoms with E-state index in [2.05, 4.69) is 26.9 Å². The van der Waals surface area contributed by atoms with E-state index >= 15 is 0 Å². The minimum absolute atomic E-state index is 0.629. The fraction of sp³-hybridized carbons (Fsp3) is 0.385. The van der Waals surface area contributed by atoms with Gasteiger partial charge in [0.15, 0.2) is 0 Å². The lowest BCUT2D eigenvalue weighted by molar-refractivity contribution is 0.697. The van der Waals surface area contributed by atoms with E-state index < -0.39 is 0 Å². The number of anilines is 1. The van der Waals surface area contributed by atoms with Crippen LogP contribution in [0.5, 0.6) is 0 Å². The number of aromatic nitrogens is 2. The van der Waals surface area contributed by atoms with E-state index in [0.717, 1.165) is 36.1 Å². The van der Waals surface area contributed by atoms with Crippen LogP contribution in [0, 0.1) is 11.8 Å². The highest BCUT2D eigenvalue weighted by atomic mass is 15.1. The zero-order valence-electron chi connectivity index (χ0n) is 9.43. The van der Waals surface area contributed by atoms with E-state index in [-0.39, 0.29) is 0 Å². The number of nitrogens with zero attached hydrogens (tertiary/aromatic N) is 2. The lowest BCUT2D eigenvalue weighted by Gasteiger charge is -2.10. The highest BCUT2D eigenvalue weighted by molar-refractivity contribution is 5.90. The van der Waals surface area contributed by atoms with Crippen LogP contribution in [-0.2, 0) is 0 Å². The first-order chi connectivity index (χ1) is 8.43. The number of hydrogen-bond donors (Lipinski definition) is 2.